The second-order valence-electron chi connectivity index (χ2n) is 5.31. The van der Waals surface area contributed by atoms with E-state index in [1.165, 1.54) is 11.3 Å². The Hall–Kier alpha value is -1.51. The Bertz CT molecular complexity index is 712. The molecule has 108 valence electrons. The summed E-state index contributed by atoms with van der Waals surface area (Å²) in [4.78, 5) is 13.7. The molecule has 0 saturated heterocycles. The van der Waals surface area contributed by atoms with Crippen molar-refractivity contribution < 1.29 is 4.79 Å². The van der Waals surface area contributed by atoms with E-state index < -0.39 is 0 Å². The van der Waals surface area contributed by atoms with Crippen LogP contribution in [0.15, 0.2) is 36.4 Å². The van der Waals surface area contributed by atoms with Crippen molar-refractivity contribution in [3.05, 3.63) is 63.1 Å². The third-order valence-corrected chi connectivity index (χ3v) is 4.44. The summed E-state index contributed by atoms with van der Waals surface area (Å²) in [6.07, 6.45) is 0.960. The summed E-state index contributed by atoms with van der Waals surface area (Å²) < 4.78 is 0. The van der Waals surface area contributed by atoms with Crippen molar-refractivity contribution >= 4 is 34.7 Å². The number of hydrogen-bond acceptors (Lipinski definition) is 2. The van der Waals surface area contributed by atoms with Gasteiger partial charge in [0.1, 0.15) is 0 Å². The van der Waals surface area contributed by atoms with Gasteiger partial charge in [-0.25, -0.2) is 0 Å². The second kappa shape index (κ2) is 5.70. The number of halogens is 2. The van der Waals surface area contributed by atoms with Gasteiger partial charge < -0.3 is 4.90 Å². The van der Waals surface area contributed by atoms with Gasteiger partial charge in [-0.05, 0) is 54.8 Å². The topological polar surface area (TPSA) is 20.3 Å². The van der Waals surface area contributed by atoms with Crippen LogP contribution in [0.3, 0.4) is 0 Å². The van der Waals surface area contributed by atoms with Gasteiger partial charge in [0, 0.05) is 34.4 Å². The third-order valence-electron chi connectivity index (χ3n) is 3.85. The molecule has 1 aliphatic heterocycles. The normalized spacial score (nSPS) is 13.4. The maximum absolute atomic E-state index is 11.5. The largest absolute Gasteiger partial charge is 0.367 e. The summed E-state index contributed by atoms with van der Waals surface area (Å²) in [6, 6.07) is 11.5. The smallest absolute Gasteiger partial charge is 0.159 e. The Morgan fingerprint density at radius 2 is 2.00 bits per heavy atom. The number of benzene rings is 2. The number of hydrogen-bond donors (Lipinski definition) is 0. The van der Waals surface area contributed by atoms with Gasteiger partial charge in [-0.15, -0.1) is 0 Å². The number of Topliss-reactive ketones (excluding diaryl/α,β-unsaturated/α-hetero) is 1. The first kappa shape index (κ1) is 14.4. The lowest BCUT2D eigenvalue weighted by atomic mass is 10.1. The van der Waals surface area contributed by atoms with Crippen molar-refractivity contribution in [1.29, 1.82) is 0 Å². The Morgan fingerprint density at radius 3 is 2.71 bits per heavy atom. The van der Waals surface area contributed by atoms with E-state index in [0.29, 0.717) is 10.0 Å². The van der Waals surface area contributed by atoms with E-state index in [0.717, 1.165) is 30.6 Å². The molecular weight excluding hydrogens is 305 g/mol. The first-order valence-corrected chi connectivity index (χ1v) is 7.63. The maximum Gasteiger partial charge on any atom is 0.159 e. The molecule has 0 bridgehead atoms. The van der Waals surface area contributed by atoms with Gasteiger partial charge in [0.15, 0.2) is 5.78 Å². The molecule has 2 aromatic rings. The summed E-state index contributed by atoms with van der Waals surface area (Å²) in [5, 5.41) is 1.34. The van der Waals surface area contributed by atoms with Crippen LogP contribution in [-0.4, -0.2) is 12.3 Å². The number of rotatable bonds is 3. The molecule has 2 aromatic carbocycles. The van der Waals surface area contributed by atoms with Gasteiger partial charge in [0.25, 0.3) is 0 Å². The highest BCUT2D eigenvalue weighted by Gasteiger charge is 2.20. The zero-order chi connectivity index (χ0) is 15.0. The first-order chi connectivity index (χ1) is 10.0. The Kier molecular flexibility index (Phi) is 3.92. The summed E-state index contributed by atoms with van der Waals surface area (Å²) >= 11 is 12.2. The van der Waals surface area contributed by atoms with Crippen LogP contribution in [0.1, 0.15) is 28.4 Å². The zero-order valence-corrected chi connectivity index (χ0v) is 13.2. The summed E-state index contributed by atoms with van der Waals surface area (Å²) in [7, 11) is 0. The molecule has 0 unspecified atom stereocenters. The molecule has 21 heavy (non-hydrogen) atoms. The maximum atomic E-state index is 11.5. The zero-order valence-electron chi connectivity index (χ0n) is 11.7. The average molecular weight is 320 g/mol. The molecule has 1 heterocycles. The van der Waals surface area contributed by atoms with Crippen LogP contribution < -0.4 is 4.90 Å². The lowest BCUT2D eigenvalue weighted by Gasteiger charge is -2.20. The lowest BCUT2D eigenvalue weighted by Crippen LogP contribution is -2.19. The highest BCUT2D eigenvalue weighted by Crippen LogP contribution is 2.32. The van der Waals surface area contributed by atoms with Gasteiger partial charge in [0.05, 0.1) is 0 Å². The number of anilines is 1. The van der Waals surface area contributed by atoms with Crippen LogP contribution in [0.4, 0.5) is 5.69 Å². The molecule has 0 saturated carbocycles. The van der Waals surface area contributed by atoms with E-state index >= 15 is 0 Å². The van der Waals surface area contributed by atoms with E-state index in [1.54, 1.807) is 13.0 Å². The average Bonchev–Trinajstić information content (AvgIpc) is 2.84. The summed E-state index contributed by atoms with van der Waals surface area (Å²) in [6.45, 7) is 3.29. The van der Waals surface area contributed by atoms with Gasteiger partial charge >= 0.3 is 0 Å². The van der Waals surface area contributed by atoms with Crippen LogP contribution in [0.25, 0.3) is 0 Å². The molecule has 0 N–H and O–H groups in total. The number of carbonyl (C=O) groups is 1. The molecule has 1 aliphatic rings. The number of fused-ring (bicyclic) bond motifs is 1. The van der Waals surface area contributed by atoms with Crippen molar-refractivity contribution in [2.24, 2.45) is 0 Å². The molecule has 0 radical (unpaired) electrons. The van der Waals surface area contributed by atoms with E-state index in [1.807, 2.05) is 30.3 Å². The highest BCUT2D eigenvalue weighted by molar-refractivity contribution is 6.35. The van der Waals surface area contributed by atoms with Crippen molar-refractivity contribution in [1.82, 2.24) is 0 Å². The molecule has 0 fully saturated rings. The minimum Gasteiger partial charge on any atom is -0.367 e. The van der Waals surface area contributed by atoms with Crippen molar-refractivity contribution in [2.75, 3.05) is 11.4 Å². The van der Waals surface area contributed by atoms with Crippen LogP contribution in [0.2, 0.25) is 10.0 Å². The first-order valence-electron chi connectivity index (χ1n) is 6.87. The summed E-state index contributed by atoms with van der Waals surface area (Å²) in [5.41, 5.74) is 4.25. The van der Waals surface area contributed by atoms with E-state index in [2.05, 4.69) is 4.90 Å². The molecule has 4 heteroatoms. The molecule has 0 amide bonds. The Morgan fingerprint density at radius 1 is 1.19 bits per heavy atom. The second-order valence-corrected chi connectivity index (χ2v) is 6.15. The van der Waals surface area contributed by atoms with Gasteiger partial charge in [0.2, 0.25) is 0 Å². The minimum absolute atomic E-state index is 0.108. The van der Waals surface area contributed by atoms with E-state index in [9.17, 15) is 4.79 Å². The summed E-state index contributed by atoms with van der Waals surface area (Å²) in [5.74, 6) is 0.108. The minimum atomic E-state index is 0.108. The molecule has 0 atom stereocenters. The monoisotopic (exact) mass is 319 g/mol. The van der Waals surface area contributed by atoms with Crippen molar-refractivity contribution in [3.63, 3.8) is 0 Å². The van der Waals surface area contributed by atoms with Crippen LogP contribution in [0, 0.1) is 0 Å². The quantitative estimate of drug-likeness (QED) is 0.760. The van der Waals surface area contributed by atoms with Crippen LogP contribution >= 0.6 is 23.2 Å². The predicted molar refractivity (Wildman–Crippen MR) is 87.7 cm³/mol. The Labute approximate surface area is 134 Å². The Balaban J connectivity index is 1.86. The van der Waals surface area contributed by atoms with Gasteiger partial charge in [-0.2, -0.15) is 0 Å². The lowest BCUT2D eigenvalue weighted by molar-refractivity contribution is 0.101. The fourth-order valence-corrected chi connectivity index (χ4v) is 3.18. The number of nitrogens with zero attached hydrogens (tertiary/aromatic N) is 1. The molecule has 3 rings (SSSR count). The standard InChI is InChI=1S/C17H15Cl2NO/c1-11(21)12-3-5-17-13(8-12)6-7-20(17)10-14-2-4-15(18)9-16(14)19/h2-5,8-9H,6-7,10H2,1H3. The number of ketones is 1. The third kappa shape index (κ3) is 2.92. The molecular formula is C17H15Cl2NO. The molecule has 0 aliphatic carbocycles. The van der Waals surface area contributed by atoms with Crippen LogP contribution in [-0.2, 0) is 13.0 Å². The molecule has 0 spiro atoms. The predicted octanol–water partition coefficient (Wildman–Crippen LogP) is 4.76. The van der Waals surface area contributed by atoms with E-state index in [4.69, 9.17) is 23.2 Å². The SMILES string of the molecule is CC(=O)c1ccc2c(c1)CCN2Cc1ccc(Cl)cc1Cl. The van der Waals surface area contributed by atoms with Crippen LogP contribution in [0.5, 0.6) is 0 Å². The molecule has 2 nitrogen and oxygen atoms in total. The van der Waals surface area contributed by atoms with Crippen molar-refractivity contribution in [2.45, 2.75) is 19.9 Å². The van der Waals surface area contributed by atoms with E-state index in [-0.39, 0.29) is 5.78 Å². The van der Waals surface area contributed by atoms with Gasteiger partial charge in [-0.1, -0.05) is 29.3 Å². The fourth-order valence-electron chi connectivity index (χ4n) is 2.71. The number of carbonyl (C=O) groups excluding carboxylic acids is 1. The van der Waals surface area contributed by atoms with Crippen molar-refractivity contribution in [3.8, 4) is 0 Å². The molecule has 0 aromatic heterocycles. The van der Waals surface area contributed by atoms with Gasteiger partial charge in [-0.3, -0.25) is 4.79 Å². The highest BCUT2D eigenvalue weighted by atomic mass is 35.5. The fraction of sp³-hybridized carbons (Fsp3) is 0.235.